The van der Waals surface area contributed by atoms with E-state index in [1.807, 2.05) is 43.3 Å². The molecule has 2 aromatic carbocycles. The topological polar surface area (TPSA) is 38.3 Å². The van der Waals surface area contributed by atoms with E-state index in [1.165, 1.54) is 0 Å². The van der Waals surface area contributed by atoms with Gasteiger partial charge in [0.15, 0.2) is 6.04 Å². The molecule has 1 N–H and O–H groups in total. The van der Waals surface area contributed by atoms with Crippen molar-refractivity contribution in [3.05, 3.63) is 64.7 Å². The fraction of sp³-hybridized carbons (Fsp3) is 0.235. The van der Waals surface area contributed by atoms with Crippen molar-refractivity contribution in [1.29, 1.82) is 0 Å². The molecule has 0 amide bonds. The van der Waals surface area contributed by atoms with Gasteiger partial charge in [-0.25, -0.2) is 4.79 Å². The van der Waals surface area contributed by atoms with E-state index in [4.69, 9.17) is 16.3 Å². The standard InChI is InChI=1S/C17H18ClNO2/c1-3-21-17(20)16(13-9-7-12(2)8-10-13)19-15-6-4-5-14(18)11-15/h4-11,16,19H,3H2,1-2H3. The summed E-state index contributed by atoms with van der Waals surface area (Å²) in [6.45, 7) is 4.15. The number of anilines is 1. The first-order valence-electron chi connectivity index (χ1n) is 6.85. The number of benzene rings is 2. The lowest BCUT2D eigenvalue weighted by molar-refractivity contribution is -0.144. The average Bonchev–Trinajstić information content (AvgIpc) is 2.46. The lowest BCUT2D eigenvalue weighted by atomic mass is 10.0. The van der Waals surface area contributed by atoms with Crippen LogP contribution in [0.15, 0.2) is 48.5 Å². The summed E-state index contributed by atoms with van der Waals surface area (Å²) >= 11 is 5.98. The Morgan fingerprint density at radius 1 is 1.24 bits per heavy atom. The summed E-state index contributed by atoms with van der Waals surface area (Å²) < 4.78 is 5.16. The SMILES string of the molecule is CCOC(=O)C(Nc1cccc(Cl)c1)c1ccc(C)cc1. The van der Waals surface area contributed by atoms with E-state index in [1.54, 1.807) is 19.1 Å². The molecule has 0 radical (unpaired) electrons. The summed E-state index contributed by atoms with van der Waals surface area (Å²) in [5.74, 6) is -0.304. The summed E-state index contributed by atoms with van der Waals surface area (Å²) in [5.41, 5.74) is 2.78. The molecule has 0 fully saturated rings. The smallest absolute Gasteiger partial charge is 0.333 e. The van der Waals surface area contributed by atoms with Crippen LogP contribution in [0.5, 0.6) is 0 Å². The lowest BCUT2D eigenvalue weighted by Crippen LogP contribution is -2.23. The second-order valence-electron chi connectivity index (χ2n) is 4.75. The Morgan fingerprint density at radius 2 is 1.95 bits per heavy atom. The van der Waals surface area contributed by atoms with Crippen molar-refractivity contribution >= 4 is 23.3 Å². The Kier molecular flexibility index (Phi) is 5.23. The van der Waals surface area contributed by atoms with Crippen LogP contribution < -0.4 is 5.32 Å². The van der Waals surface area contributed by atoms with Crippen LogP contribution >= 0.6 is 11.6 Å². The number of hydrogen-bond donors (Lipinski definition) is 1. The highest BCUT2D eigenvalue weighted by Crippen LogP contribution is 2.23. The zero-order chi connectivity index (χ0) is 15.2. The molecule has 0 aliphatic heterocycles. The molecule has 21 heavy (non-hydrogen) atoms. The van der Waals surface area contributed by atoms with Gasteiger partial charge in [0.05, 0.1) is 6.61 Å². The highest BCUT2D eigenvalue weighted by molar-refractivity contribution is 6.30. The minimum Gasteiger partial charge on any atom is -0.464 e. The monoisotopic (exact) mass is 303 g/mol. The van der Waals surface area contributed by atoms with Crippen LogP contribution in [0.3, 0.4) is 0 Å². The molecule has 2 rings (SSSR count). The molecule has 0 spiro atoms. The van der Waals surface area contributed by atoms with Crippen molar-refractivity contribution in [3.8, 4) is 0 Å². The largest absolute Gasteiger partial charge is 0.464 e. The van der Waals surface area contributed by atoms with Gasteiger partial charge in [0.2, 0.25) is 0 Å². The van der Waals surface area contributed by atoms with E-state index >= 15 is 0 Å². The van der Waals surface area contributed by atoms with Crippen molar-refractivity contribution in [2.24, 2.45) is 0 Å². The fourth-order valence-electron chi connectivity index (χ4n) is 2.01. The number of halogens is 1. The molecule has 1 unspecified atom stereocenters. The molecule has 0 aliphatic carbocycles. The second kappa shape index (κ2) is 7.14. The number of carbonyl (C=O) groups is 1. The van der Waals surface area contributed by atoms with Crippen molar-refractivity contribution in [3.63, 3.8) is 0 Å². The lowest BCUT2D eigenvalue weighted by Gasteiger charge is -2.19. The zero-order valence-corrected chi connectivity index (χ0v) is 12.9. The Labute approximate surface area is 129 Å². The predicted molar refractivity (Wildman–Crippen MR) is 85.6 cm³/mol. The summed E-state index contributed by atoms with van der Waals surface area (Å²) in [4.78, 5) is 12.2. The highest BCUT2D eigenvalue weighted by Gasteiger charge is 2.21. The van der Waals surface area contributed by atoms with Gasteiger partial charge in [-0.2, -0.15) is 0 Å². The molecule has 0 saturated heterocycles. The number of ether oxygens (including phenoxy) is 1. The maximum Gasteiger partial charge on any atom is 0.333 e. The van der Waals surface area contributed by atoms with Crippen LogP contribution in [-0.2, 0) is 9.53 Å². The zero-order valence-electron chi connectivity index (χ0n) is 12.1. The molecule has 0 aromatic heterocycles. The van der Waals surface area contributed by atoms with Gasteiger partial charge >= 0.3 is 5.97 Å². The summed E-state index contributed by atoms with van der Waals surface area (Å²) in [5, 5.41) is 3.80. The van der Waals surface area contributed by atoms with E-state index in [0.717, 1.165) is 16.8 Å². The van der Waals surface area contributed by atoms with Gasteiger partial charge in [-0.1, -0.05) is 47.5 Å². The Bertz CT molecular complexity index is 610. The van der Waals surface area contributed by atoms with Crippen LogP contribution in [0.25, 0.3) is 0 Å². The van der Waals surface area contributed by atoms with Crippen molar-refractivity contribution in [2.45, 2.75) is 19.9 Å². The van der Waals surface area contributed by atoms with E-state index in [0.29, 0.717) is 11.6 Å². The predicted octanol–water partition coefficient (Wildman–Crippen LogP) is 4.36. The summed E-state index contributed by atoms with van der Waals surface area (Å²) in [7, 11) is 0. The Balaban J connectivity index is 2.27. The van der Waals surface area contributed by atoms with Crippen molar-refractivity contribution in [2.75, 3.05) is 11.9 Å². The normalized spacial score (nSPS) is 11.8. The third-order valence-electron chi connectivity index (χ3n) is 3.07. The maximum absolute atomic E-state index is 12.2. The minimum absolute atomic E-state index is 0.304. The van der Waals surface area contributed by atoms with E-state index in [2.05, 4.69) is 5.32 Å². The number of rotatable bonds is 5. The number of esters is 1. The van der Waals surface area contributed by atoms with Gasteiger partial charge in [-0.15, -0.1) is 0 Å². The highest BCUT2D eigenvalue weighted by atomic mass is 35.5. The molecular weight excluding hydrogens is 286 g/mol. The molecule has 0 aliphatic rings. The first-order chi connectivity index (χ1) is 10.1. The number of nitrogens with one attached hydrogen (secondary N) is 1. The van der Waals surface area contributed by atoms with Gasteiger partial charge in [0.25, 0.3) is 0 Å². The van der Waals surface area contributed by atoms with Crippen molar-refractivity contribution in [1.82, 2.24) is 0 Å². The molecular formula is C17H18ClNO2. The first-order valence-corrected chi connectivity index (χ1v) is 7.23. The van der Waals surface area contributed by atoms with E-state index in [9.17, 15) is 4.79 Å². The minimum atomic E-state index is -0.552. The molecule has 3 nitrogen and oxygen atoms in total. The second-order valence-corrected chi connectivity index (χ2v) is 5.19. The fourth-order valence-corrected chi connectivity index (χ4v) is 2.20. The van der Waals surface area contributed by atoms with Gasteiger partial charge in [0, 0.05) is 10.7 Å². The summed E-state index contributed by atoms with van der Waals surface area (Å²) in [6.07, 6.45) is 0. The number of hydrogen-bond acceptors (Lipinski definition) is 3. The van der Waals surface area contributed by atoms with Gasteiger partial charge in [-0.05, 0) is 37.6 Å². The molecule has 1 atom stereocenters. The van der Waals surface area contributed by atoms with Crippen LogP contribution in [0.2, 0.25) is 5.02 Å². The molecule has 110 valence electrons. The maximum atomic E-state index is 12.2. The molecule has 4 heteroatoms. The summed E-state index contributed by atoms with van der Waals surface area (Å²) in [6, 6.07) is 14.5. The molecule has 0 heterocycles. The van der Waals surface area contributed by atoms with Gasteiger partial charge in [0.1, 0.15) is 0 Å². The third kappa shape index (κ3) is 4.23. The van der Waals surface area contributed by atoms with Crippen molar-refractivity contribution < 1.29 is 9.53 Å². The molecule has 2 aromatic rings. The van der Waals surface area contributed by atoms with E-state index < -0.39 is 6.04 Å². The average molecular weight is 304 g/mol. The quantitative estimate of drug-likeness (QED) is 0.834. The van der Waals surface area contributed by atoms with Crippen LogP contribution in [0.4, 0.5) is 5.69 Å². The Morgan fingerprint density at radius 3 is 2.57 bits per heavy atom. The third-order valence-corrected chi connectivity index (χ3v) is 3.30. The number of aryl methyl sites for hydroxylation is 1. The molecule has 0 bridgehead atoms. The van der Waals surface area contributed by atoms with Gasteiger partial charge in [-0.3, -0.25) is 0 Å². The van der Waals surface area contributed by atoms with E-state index in [-0.39, 0.29) is 5.97 Å². The van der Waals surface area contributed by atoms with Crippen LogP contribution in [-0.4, -0.2) is 12.6 Å². The van der Waals surface area contributed by atoms with Gasteiger partial charge < -0.3 is 10.1 Å². The van der Waals surface area contributed by atoms with Crippen LogP contribution in [0.1, 0.15) is 24.1 Å². The first kappa shape index (κ1) is 15.4. The Hall–Kier alpha value is -2.00. The number of carbonyl (C=O) groups excluding carboxylic acids is 1. The van der Waals surface area contributed by atoms with Crippen LogP contribution in [0, 0.1) is 6.92 Å². The molecule has 0 saturated carbocycles.